The number of nitrogens with one attached hydrogen (secondary N) is 2. The summed E-state index contributed by atoms with van der Waals surface area (Å²) in [6.45, 7) is 5.08. The number of hydrogen-bond donors (Lipinski definition) is 2. The Morgan fingerprint density at radius 3 is 2.74 bits per heavy atom. The summed E-state index contributed by atoms with van der Waals surface area (Å²) >= 11 is 0. The molecule has 2 aromatic carbocycles. The fraction of sp³-hybridized carbons (Fsp3) is 0.348. The number of anilines is 1. The van der Waals surface area contributed by atoms with Gasteiger partial charge < -0.3 is 24.8 Å². The second kappa shape index (κ2) is 9.51. The van der Waals surface area contributed by atoms with Crippen molar-refractivity contribution in [3.05, 3.63) is 54.4 Å². The van der Waals surface area contributed by atoms with Gasteiger partial charge in [-0.15, -0.1) is 0 Å². The Kier molecular flexibility index (Phi) is 6.35. The molecule has 0 aliphatic carbocycles. The molecule has 2 N–H and O–H groups in total. The molecule has 1 aliphatic rings. The van der Waals surface area contributed by atoms with E-state index < -0.39 is 0 Å². The Morgan fingerprint density at radius 1 is 1.13 bits per heavy atom. The lowest BCUT2D eigenvalue weighted by atomic mass is 10.1. The van der Waals surface area contributed by atoms with Crippen molar-refractivity contribution < 1.29 is 14.3 Å². The monoisotopic (exact) mass is 421 g/mol. The summed E-state index contributed by atoms with van der Waals surface area (Å²) in [6.07, 6.45) is 3.87. The van der Waals surface area contributed by atoms with Crippen LogP contribution in [-0.2, 0) is 6.54 Å². The number of fused-ring (bicyclic) bond motifs is 1. The highest BCUT2D eigenvalue weighted by Crippen LogP contribution is 2.23. The number of para-hydroxylation sites is 2. The van der Waals surface area contributed by atoms with Gasteiger partial charge in [0.15, 0.2) is 0 Å². The van der Waals surface area contributed by atoms with E-state index >= 15 is 0 Å². The van der Waals surface area contributed by atoms with Crippen LogP contribution in [0.25, 0.3) is 11.0 Å². The Labute approximate surface area is 181 Å². The number of rotatable bonds is 7. The van der Waals surface area contributed by atoms with Crippen molar-refractivity contribution in [2.45, 2.75) is 26.3 Å². The Hall–Kier alpha value is -3.55. The van der Waals surface area contributed by atoms with Crippen LogP contribution in [0.2, 0.25) is 0 Å². The molecule has 3 aromatic rings. The molecule has 8 nitrogen and oxygen atoms in total. The van der Waals surface area contributed by atoms with Crippen LogP contribution in [0, 0.1) is 0 Å². The first-order chi connectivity index (χ1) is 15.2. The number of amides is 3. The van der Waals surface area contributed by atoms with Crippen LogP contribution >= 0.6 is 0 Å². The Morgan fingerprint density at radius 2 is 1.94 bits per heavy atom. The van der Waals surface area contributed by atoms with Gasteiger partial charge in [-0.25, -0.2) is 9.78 Å². The van der Waals surface area contributed by atoms with Gasteiger partial charge in [0.25, 0.3) is 5.91 Å². The number of likely N-dealkylation sites (tertiary alicyclic amines) is 1. The van der Waals surface area contributed by atoms with Crippen molar-refractivity contribution >= 4 is 28.7 Å². The van der Waals surface area contributed by atoms with Gasteiger partial charge in [0, 0.05) is 31.7 Å². The van der Waals surface area contributed by atoms with Crippen molar-refractivity contribution in [3.63, 3.8) is 0 Å². The van der Waals surface area contributed by atoms with Crippen molar-refractivity contribution in [2.75, 3.05) is 31.6 Å². The van der Waals surface area contributed by atoms with Crippen LogP contribution in [0.15, 0.2) is 48.8 Å². The Bertz CT molecular complexity index is 1070. The molecular formula is C23H27N5O3. The van der Waals surface area contributed by atoms with Gasteiger partial charge in [0.05, 0.1) is 29.7 Å². The van der Waals surface area contributed by atoms with E-state index in [-0.39, 0.29) is 11.9 Å². The quantitative estimate of drug-likeness (QED) is 0.611. The third-order valence-electron chi connectivity index (χ3n) is 5.33. The molecule has 0 spiro atoms. The van der Waals surface area contributed by atoms with Crippen LogP contribution in [-0.4, -0.2) is 52.6 Å². The predicted octanol–water partition coefficient (Wildman–Crippen LogP) is 3.49. The van der Waals surface area contributed by atoms with Crippen molar-refractivity contribution in [2.24, 2.45) is 0 Å². The molecule has 31 heavy (non-hydrogen) atoms. The number of aromatic nitrogens is 2. The molecule has 0 atom stereocenters. The van der Waals surface area contributed by atoms with E-state index in [0.717, 1.165) is 37.0 Å². The molecule has 8 heteroatoms. The van der Waals surface area contributed by atoms with Gasteiger partial charge in [-0.2, -0.15) is 0 Å². The van der Waals surface area contributed by atoms with Crippen LogP contribution in [0.3, 0.4) is 0 Å². The molecule has 1 aliphatic heterocycles. The molecule has 0 unspecified atom stereocenters. The van der Waals surface area contributed by atoms with Crippen LogP contribution in [0.1, 0.15) is 30.1 Å². The summed E-state index contributed by atoms with van der Waals surface area (Å²) in [6, 6.07) is 12.7. The van der Waals surface area contributed by atoms with E-state index in [0.29, 0.717) is 36.7 Å². The first-order valence-corrected chi connectivity index (χ1v) is 10.7. The number of carbonyl (C=O) groups excluding carboxylic acids is 2. The number of carbonyl (C=O) groups is 2. The second-order valence-electron chi connectivity index (χ2n) is 7.45. The first-order valence-electron chi connectivity index (χ1n) is 10.7. The van der Waals surface area contributed by atoms with Gasteiger partial charge in [-0.1, -0.05) is 12.1 Å². The maximum atomic E-state index is 12.6. The average Bonchev–Trinajstić information content (AvgIpc) is 3.45. The largest absolute Gasteiger partial charge is 0.492 e. The maximum absolute atomic E-state index is 12.6. The summed E-state index contributed by atoms with van der Waals surface area (Å²) in [5.41, 5.74) is 3.01. The SMILES string of the molecule is CCOc1ccccc1NC(=O)NCCn1cnc2cc(C(=O)N3CCCC3)ccc21. The summed E-state index contributed by atoms with van der Waals surface area (Å²) in [5.74, 6) is 0.708. The minimum Gasteiger partial charge on any atom is -0.492 e. The van der Waals surface area contributed by atoms with E-state index in [4.69, 9.17) is 4.74 Å². The normalized spacial score (nSPS) is 13.4. The van der Waals surface area contributed by atoms with E-state index in [1.54, 1.807) is 12.4 Å². The van der Waals surface area contributed by atoms with E-state index in [2.05, 4.69) is 15.6 Å². The number of benzene rings is 2. The molecule has 1 aromatic heterocycles. The fourth-order valence-electron chi connectivity index (χ4n) is 3.79. The summed E-state index contributed by atoms with van der Waals surface area (Å²) in [7, 11) is 0. The Balaban J connectivity index is 1.34. The molecule has 1 fully saturated rings. The number of hydrogen-bond acceptors (Lipinski definition) is 4. The van der Waals surface area contributed by atoms with E-state index in [1.165, 1.54) is 0 Å². The number of imidazole rings is 1. The molecule has 1 saturated heterocycles. The molecule has 2 heterocycles. The molecule has 4 rings (SSSR count). The molecule has 0 bridgehead atoms. The van der Waals surface area contributed by atoms with Gasteiger partial charge in [-0.05, 0) is 50.1 Å². The van der Waals surface area contributed by atoms with E-state index in [1.807, 2.05) is 52.8 Å². The number of ether oxygens (including phenoxy) is 1. The first kappa shape index (κ1) is 20.7. The average molecular weight is 422 g/mol. The zero-order valence-corrected chi connectivity index (χ0v) is 17.6. The lowest BCUT2D eigenvalue weighted by Gasteiger charge is -2.15. The molecule has 0 saturated carbocycles. The molecule has 162 valence electrons. The number of urea groups is 1. The minimum absolute atomic E-state index is 0.0691. The standard InChI is InChI=1S/C23H27N5O3/c1-2-31-21-8-4-3-7-18(21)26-23(30)24-11-14-28-16-25-19-15-17(9-10-20(19)28)22(29)27-12-5-6-13-27/h3-4,7-10,15-16H,2,5-6,11-14H2,1H3,(H2,24,26,30). The summed E-state index contributed by atoms with van der Waals surface area (Å²) in [5, 5.41) is 5.67. The topological polar surface area (TPSA) is 88.5 Å². The zero-order chi connectivity index (χ0) is 21.6. The molecule has 3 amide bonds. The minimum atomic E-state index is -0.296. The summed E-state index contributed by atoms with van der Waals surface area (Å²) in [4.78, 5) is 31.2. The van der Waals surface area contributed by atoms with Crippen LogP contribution in [0.5, 0.6) is 5.75 Å². The maximum Gasteiger partial charge on any atom is 0.319 e. The van der Waals surface area contributed by atoms with Gasteiger partial charge >= 0.3 is 6.03 Å². The lowest BCUT2D eigenvalue weighted by molar-refractivity contribution is 0.0793. The van der Waals surface area contributed by atoms with Gasteiger partial charge in [0.2, 0.25) is 0 Å². The molecule has 0 radical (unpaired) electrons. The van der Waals surface area contributed by atoms with Crippen molar-refractivity contribution in [3.8, 4) is 5.75 Å². The van der Waals surface area contributed by atoms with Crippen LogP contribution in [0.4, 0.5) is 10.5 Å². The number of nitrogens with zero attached hydrogens (tertiary/aromatic N) is 3. The van der Waals surface area contributed by atoms with Crippen molar-refractivity contribution in [1.29, 1.82) is 0 Å². The van der Waals surface area contributed by atoms with Gasteiger partial charge in [0.1, 0.15) is 5.75 Å². The lowest BCUT2D eigenvalue weighted by Crippen LogP contribution is -2.31. The zero-order valence-electron chi connectivity index (χ0n) is 17.6. The highest BCUT2D eigenvalue weighted by atomic mass is 16.5. The van der Waals surface area contributed by atoms with Crippen molar-refractivity contribution in [1.82, 2.24) is 19.8 Å². The molecular weight excluding hydrogens is 394 g/mol. The smallest absolute Gasteiger partial charge is 0.319 e. The second-order valence-corrected chi connectivity index (χ2v) is 7.45. The summed E-state index contributed by atoms with van der Waals surface area (Å²) < 4.78 is 7.49. The fourth-order valence-corrected chi connectivity index (χ4v) is 3.79. The predicted molar refractivity (Wildman–Crippen MR) is 120 cm³/mol. The third kappa shape index (κ3) is 4.79. The van der Waals surface area contributed by atoms with E-state index in [9.17, 15) is 9.59 Å². The van der Waals surface area contributed by atoms with Crippen LogP contribution < -0.4 is 15.4 Å². The van der Waals surface area contributed by atoms with Gasteiger partial charge in [-0.3, -0.25) is 4.79 Å². The third-order valence-corrected chi connectivity index (χ3v) is 5.33. The highest BCUT2D eigenvalue weighted by molar-refractivity contribution is 5.97. The highest BCUT2D eigenvalue weighted by Gasteiger charge is 2.20.